The molecule has 2 amide bonds. The Kier molecular flexibility index (Phi) is 4.78. The summed E-state index contributed by atoms with van der Waals surface area (Å²) in [6, 6.07) is 0.696. The predicted octanol–water partition coefficient (Wildman–Crippen LogP) is 0.933. The number of amides is 2. The Balaban J connectivity index is 1.68. The molecule has 0 radical (unpaired) electrons. The van der Waals surface area contributed by atoms with Crippen molar-refractivity contribution in [2.24, 2.45) is 0 Å². The third-order valence-electron chi connectivity index (χ3n) is 3.15. The van der Waals surface area contributed by atoms with E-state index in [0.29, 0.717) is 12.1 Å². The average Bonchev–Trinajstić information content (AvgIpc) is 2.62. The molecule has 16 heavy (non-hydrogen) atoms. The van der Waals surface area contributed by atoms with Crippen LogP contribution in [0.4, 0.5) is 4.79 Å². The number of hydrogen-bond donors (Lipinski definition) is 3. The van der Waals surface area contributed by atoms with Crippen LogP contribution < -0.4 is 16.0 Å². The number of nitrogens with one attached hydrogen (secondary N) is 3. The molecule has 0 aliphatic carbocycles. The Bertz CT molecular complexity index is 223. The summed E-state index contributed by atoms with van der Waals surface area (Å²) >= 11 is 1.92. The maximum atomic E-state index is 11.7. The summed E-state index contributed by atoms with van der Waals surface area (Å²) in [5.74, 6) is 2.24. The van der Waals surface area contributed by atoms with Crippen molar-refractivity contribution >= 4 is 17.8 Å². The highest BCUT2D eigenvalue weighted by atomic mass is 32.2. The number of rotatable bonds is 2. The van der Waals surface area contributed by atoms with Crippen molar-refractivity contribution in [3.05, 3.63) is 0 Å². The van der Waals surface area contributed by atoms with Gasteiger partial charge in [-0.1, -0.05) is 6.42 Å². The van der Waals surface area contributed by atoms with Crippen molar-refractivity contribution in [2.75, 3.05) is 24.6 Å². The fraction of sp³-hybridized carbons (Fsp3) is 0.909. The SMILES string of the molecule is O=C(NC1CCCCNC1)NC1CCSC1. The second-order valence-corrected chi connectivity index (χ2v) is 5.72. The van der Waals surface area contributed by atoms with Crippen molar-refractivity contribution in [2.45, 2.75) is 37.8 Å². The second-order valence-electron chi connectivity index (χ2n) is 4.58. The number of urea groups is 1. The molecule has 4 nitrogen and oxygen atoms in total. The van der Waals surface area contributed by atoms with E-state index in [4.69, 9.17) is 0 Å². The van der Waals surface area contributed by atoms with Crippen molar-refractivity contribution in [1.82, 2.24) is 16.0 Å². The smallest absolute Gasteiger partial charge is 0.315 e. The highest BCUT2D eigenvalue weighted by molar-refractivity contribution is 7.99. The summed E-state index contributed by atoms with van der Waals surface area (Å²) in [6.45, 7) is 1.99. The van der Waals surface area contributed by atoms with Gasteiger partial charge in [0.15, 0.2) is 0 Å². The Morgan fingerprint density at radius 2 is 2.06 bits per heavy atom. The normalized spacial score (nSPS) is 30.8. The van der Waals surface area contributed by atoms with Gasteiger partial charge in [-0.05, 0) is 31.6 Å². The molecule has 3 N–H and O–H groups in total. The van der Waals surface area contributed by atoms with Crippen LogP contribution in [-0.2, 0) is 0 Å². The van der Waals surface area contributed by atoms with Crippen LogP contribution in [0.5, 0.6) is 0 Å². The summed E-state index contributed by atoms with van der Waals surface area (Å²) in [7, 11) is 0. The second kappa shape index (κ2) is 6.35. The molecule has 0 aromatic heterocycles. The van der Waals surface area contributed by atoms with Crippen LogP contribution in [0.2, 0.25) is 0 Å². The van der Waals surface area contributed by atoms with E-state index < -0.39 is 0 Å². The van der Waals surface area contributed by atoms with Crippen LogP contribution in [0.3, 0.4) is 0 Å². The van der Waals surface area contributed by atoms with Gasteiger partial charge in [-0.15, -0.1) is 0 Å². The number of hydrogen-bond acceptors (Lipinski definition) is 3. The van der Waals surface area contributed by atoms with Gasteiger partial charge in [0.25, 0.3) is 0 Å². The first-order chi connectivity index (χ1) is 7.84. The first-order valence-corrected chi connectivity index (χ1v) is 7.35. The lowest BCUT2D eigenvalue weighted by atomic mass is 10.1. The molecule has 2 unspecified atom stereocenters. The minimum atomic E-state index is 0.0150. The van der Waals surface area contributed by atoms with Gasteiger partial charge in [0.1, 0.15) is 0 Å². The first kappa shape index (κ1) is 12.0. The minimum absolute atomic E-state index is 0.0150. The molecule has 0 saturated carbocycles. The van der Waals surface area contributed by atoms with Crippen molar-refractivity contribution in [3.8, 4) is 0 Å². The van der Waals surface area contributed by atoms with Gasteiger partial charge in [-0.3, -0.25) is 0 Å². The maximum absolute atomic E-state index is 11.7. The monoisotopic (exact) mass is 243 g/mol. The van der Waals surface area contributed by atoms with Crippen molar-refractivity contribution in [3.63, 3.8) is 0 Å². The lowest BCUT2D eigenvalue weighted by Gasteiger charge is -2.19. The summed E-state index contributed by atoms with van der Waals surface area (Å²) in [5.41, 5.74) is 0. The van der Waals surface area contributed by atoms with Gasteiger partial charge in [-0.2, -0.15) is 11.8 Å². The summed E-state index contributed by atoms with van der Waals surface area (Å²) in [6.07, 6.45) is 4.64. The van der Waals surface area contributed by atoms with Crippen LogP contribution in [0.15, 0.2) is 0 Å². The number of thioether (sulfide) groups is 1. The van der Waals surface area contributed by atoms with Crippen LogP contribution in [0.25, 0.3) is 0 Å². The molecule has 5 heteroatoms. The van der Waals surface area contributed by atoms with E-state index in [0.717, 1.165) is 31.7 Å². The Morgan fingerprint density at radius 3 is 2.88 bits per heavy atom. The predicted molar refractivity (Wildman–Crippen MR) is 67.9 cm³/mol. The molecule has 0 aromatic rings. The van der Waals surface area contributed by atoms with Crippen LogP contribution >= 0.6 is 11.8 Å². The summed E-state index contributed by atoms with van der Waals surface area (Å²) in [5, 5.41) is 9.46. The Hall–Kier alpha value is -0.420. The maximum Gasteiger partial charge on any atom is 0.315 e. The van der Waals surface area contributed by atoms with E-state index >= 15 is 0 Å². The summed E-state index contributed by atoms with van der Waals surface area (Å²) < 4.78 is 0. The molecule has 0 spiro atoms. The molecule has 2 atom stereocenters. The van der Waals surface area contributed by atoms with Crippen molar-refractivity contribution < 1.29 is 4.79 Å². The van der Waals surface area contributed by atoms with Gasteiger partial charge in [0.05, 0.1) is 0 Å². The first-order valence-electron chi connectivity index (χ1n) is 6.20. The topological polar surface area (TPSA) is 53.2 Å². The Morgan fingerprint density at radius 1 is 1.19 bits per heavy atom. The molecule has 92 valence electrons. The standard InChI is InChI=1S/C11H21N3OS/c15-11(14-10-4-6-16-8-10)13-9-3-1-2-5-12-7-9/h9-10,12H,1-8H2,(H2,13,14,15). The number of carbonyl (C=O) groups excluding carboxylic acids is 1. The third kappa shape index (κ3) is 3.87. The molecule has 2 fully saturated rings. The van der Waals surface area contributed by atoms with Crippen LogP contribution in [0.1, 0.15) is 25.7 Å². The zero-order valence-corrected chi connectivity index (χ0v) is 10.4. The van der Waals surface area contributed by atoms with Gasteiger partial charge in [0.2, 0.25) is 0 Å². The zero-order valence-electron chi connectivity index (χ0n) is 9.63. The third-order valence-corrected chi connectivity index (χ3v) is 4.31. The van der Waals surface area contributed by atoms with E-state index in [9.17, 15) is 4.79 Å². The van der Waals surface area contributed by atoms with E-state index in [-0.39, 0.29) is 6.03 Å². The van der Waals surface area contributed by atoms with Crippen molar-refractivity contribution in [1.29, 1.82) is 0 Å². The lowest BCUT2D eigenvalue weighted by Crippen LogP contribution is -2.48. The zero-order chi connectivity index (χ0) is 11.2. The molecule has 2 heterocycles. The number of carbonyl (C=O) groups is 1. The van der Waals surface area contributed by atoms with E-state index in [1.165, 1.54) is 18.6 Å². The lowest BCUT2D eigenvalue weighted by molar-refractivity contribution is 0.233. The quantitative estimate of drug-likeness (QED) is 0.676. The van der Waals surface area contributed by atoms with Crippen LogP contribution in [0, 0.1) is 0 Å². The average molecular weight is 243 g/mol. The molecule has 0 bridgehead atoms. The fourth-order valence-electron chi connectivity index (χ4n) is 2.20. The highest BCUT2D eigenvalue weighted by Crippen LogP contribution is 2.16. The minimum Gasteiger partial charge on any atom is -0.335 e. The van der Waals surface area contributed by atoms with Gasteiger partial charge < -0.3 is 16.0 Å². The molecule has 2 aliphatic rings. The van der Waals surface area contributed by atoms with Gasteiger partial charge >= 0.3 is 6.03 Å². The molecule has 0 aromatic carbocycles. The molecular weight excluding hydrogens is 222 g/mol. The van der Waals surface area contributed by atoms with Gasteiger partial charge in [-0.25, -0.2) is 4.79 Å². The molecular formula is C11H21N3OS. The van der Waals surface area contributed by atoms with E-state index in [1.807, 2.05) is 11.8 Å². The largest absolute Gasteiger partial charge is 0.335 e. The molecule has 2 aliphatic heterocycles. The summed E-state index contributed by atoms with van der Waals surface area (Å²) in [4.78, 5) is 11.7. The molecule has 2 rings (SSSR count). The van der Waals surface area contributed by atoms with E-state index in [2.05, 4.69) is 16.0 Å². The molecule has 2 saturated heterocycles. The van der Waals surface area contributed by atoms with Crippen LogP contribution in [-0.4, -0.2) is 42.7 Å². The highest BCUT2D eigenvalue weighted by Gasteiger charge is 2.19. The van der Waals surface area contributed by atoms with Gasteiger partial charge in [0, 0.05) is 24.4 Å². The fourth-order valence-corrected chi connectivity index (χ4v) is 3.36. The van der Waals surface area contributed by atoms with E-state index in [1.54, 1.807) is 0 Å². The Labute approximate surface area is 101 Å².